The molecule has 0 nitrogen and oxygen atoms in total. The summed E-state index contributed by atoms with van der Waals surface area (Å²) in [5.41, 5.74) is 3.25. The predicted molar refractivity (Wildman–Crippen MR) is 60.7 cm³/mol. The maximum absolute atomic E-state index is 1.72. The highest BCUT2D eigenvalue weighted by Gasteiger charge is 3.16. The first-order chi connectivity index (χ1) is 8.43. The molecule has 0 aliphatic heterocycles. The molecule has 9 fully saturated rings. The van der Waals surface area contributed by atoms with Crippen molar-refractivity contribution in [2.75, 3.05) is 0 Å². The predicted octanol–water partition coefficient (Wildman–Crippen LogP) is 2.79. The molecule has 10 unspecified atom stereocenters. The molecule has 0 bridgehead atoms. The summed E-state index contributed by atoms with van der Waals surface area (Å²) in [5.74, 6) is 13.0. The molecule has 86 valence electrons. The van der Waals surface area contributed by atoms with Crippen molar-refractivity contribution in [3.8, 4) is 0 Å². The van der Waals surface area contributed by atoms with Gasteiger partial charge in [-0.25, -0.2) is 0 Å². The maximum atomic E-state index is 1.72. The zero-order chi connectivity index (χ0) is 10.1. The quantitative estimate of drug-likeness (QED) is 0.591. The largest absolute Gasteiger partial charge is 0.0496 e. The molecular formula is C17H18. The van der Waals surface area contributed by atoms with Crippen LogP contribution in [0.1, 0.15) is 25.7 Å². The highest BCUT2D eigenvalue weighted by molar-refractivity contribution is 5.62. The van der Waals surface area contributed by atoms with Crippen molar-refractivity contribution >= 4 is 0 Å². The number of hydrogen-bond donors (Lipinski definition) is 0. The monoisotopic (exact) mass is 222 g/mol. The molecule has 10 atom stereocenters. The number of rotatable bonds is 0. The van der Waals surface area contributed by atoms with Crippen molar-refractivity contribution < 1.29 is 0 Å². The Hall–Kier alpha value is 0. The average Bonchev–Trinajstić information content (AvgIpc) is 2.35. The lowest BCUT2D eigenvalue weighted by Gasteiger charge is -3.18. The molecule has 0 aromatic rings. The summed E-state index contributed by atoms with van der Waals surface area (Å²) in [6, 6.07) is 0. The first kappa shape index (κ1) is 6.96. The van der Waals surface area contributed by atoms with Crippen molar-refractivity contribution in [1.29, 1.82) is 0 Å². The molecule has 0 heteroatoms. The highest BCUT2D eigenvalue weighted by Crippen LogP contribution is 3.19. The average molecular weight is 222 g/mol. The Morgan fingerprint density at radius 3 is 1.76 bits per heavy atom. The normalized spacial score (nSPS) is 103. The van der Waals surface area contributed by atoms with Crippen LogP contribution in [-0.4, -0.2) is 0 Å². The van der Waals surface area contributed by atoms with Gasteiger partial charge >= 0.3 is 0 Å². The standard InChI is InChI=1S/C17H18/c1-2-6-8-4-10-13-9-3-7-5(1)11-14-12(6)16(8,10)17(13,14)15(7,9)11/h5-14H,1-4H2. The summed E-state index contributed by atoms with van der Waals surface area (Å²) < 4.78 is 0. The van der Waals surface area contributed by atoms with Crippen LogP contribution in [-0.2, 0) is 0 Å². The van der Waals surface area contributed by atoms with E-state index in [1.54, 1.807) is 25.7 Å². The van der Waals surface area contributed by atoms with Crippen LogP contribution in [0.15, 0.2) is 0 Å². The molecule has 17 heavy (non-hydrogen) atoms. The second-order valence-corrected chi connectivity index (χ2v) is 9.64. The minimum atomic E-state index is 1.08. The molecule has 0 amide bonds. The Bertz CT molecular complexity index is 545. The molecular weight excluding hydrogens is 204 g/mol. The first-order valence-corrected chi connectivity index (χ1v) is 8.43. The Morgan fingerprint density at radius 1 is 0.588 bits per heavy atom. The molecule has 9 rings (SSSR count). The molecule has 0 radical (unpaired) electrons. The third kappa shape index (κ3) is 0.255. The Labute approximate surface area is 102 Å². The Kier molecular flexibility index (Phi) is 0.545. The van der Waals surface area contributed by atoms with E-state index in [1.807, 2.05) is 0 Å². The van der Waals surface area contributed by atoms with Crippen molar-refractivity contribution in [1.82, 2.24) is 0 Å². The van der Waals surface area contributed by atoms with Gasteiger partial charge in [0.05, 0.1) is 0 Å². The second kappa shape index (κ2) is 1.33. The molecule has 9 aliphatic carbocycles. The maximum Gasteiger partial charge on any atom is -0.00996 e. The van der Waals surface area contributed by atoms with Gasteiger partial charge in [0.25, 0.3) is 0 Å². The van der Waals surface area contributed by atoms with Crippen LogP contribution in [0.5, 0.6) is 0 Å². The second-order valence-electron chi connectivity index (χ2n) is 9.64. The fraction of sp³-hybridized carbons (Fsp3) is 1.00. The summed E-state index contributed by atoms with van der Waals surface area (Å²) in [5, 5.41) is 0. The van der Waals surface area contributed by atoms with E-state index in [0.717, 1.165) is 16.2 Å². The molecule has 0 N–H and O–H groups in total. The molecule has 0 heterocycles. The van der Waals surface area contributed by atoms with Gasteiger partial charge in [0, 0.05) is 0 Å². The third-order valence-corrected chi connectivity index (χ3v) is 11.5. The lowest BCUT2D eigenvalue weighted by molar-refractivity contribution is -0.719. The Balaban J connectivity index is 1.47. The van der Waals surface area contributed by atoms with Crippen LogP contribution in [0.2, 0.25) is 0 Å². The smallest absolute Gasteiger partial charge is 0.00996 e. The zero-order valence-corrected chi connectivity index (χ0v) is 10.1. The third-order valence-electron chi connectivity index (χ3n) is 11.5. The summed E-state index contributed by atoms with van der Waals surface area (Å²) >= 11 is 0. The van der Waals surface area contributed by atoms with Gasteiger partial charge in [-0.2, -0.15) is 0 Å². The Morgan fingerprint density at radius 2 is 1.18 bits per heavy atom. The van der Waals surface area contributed by atoms with Crippen LogP contribution in [0, 0.1) is 75.4 Å². The molecule has 0 saturated heterocycles. The van der Waals surface area contributed by atoms with E-state index in [-0.39, 0.29) is 0 Å². The molecule has 0 aromatic heterocycles. The summed E-state index contributed by atoms with van der Waals surface area (Å²) in [6.07, 6.45) is 6.79. The summed E-state index contributed by atoms with van der Waals surface area (Å²) in [4.78, 5) is 0. The van der Waals surface area contributed by atoms with Crippen LogP contribution in [0.4, 0.5) is 0 Å². The van der Waals surface area contributed by atoms with E-state index < -0.39 is 0 Å². The van der Waals surface area contributed by atoms with Crippen molar-refractivity contribution in [2.24, 2.45) is 75.4 Å². The van der Waals surface area contributed by atoms with Gasteiger partial charge in [-0.1, -0.05) is 0 Å². The van der Waals surface area contributed by atoms with Gasteiger partial charge in [0.1, 0.15) is 0 Å². The molecule has 9 aliphatic rings. The van der Waals surface area contributed by atoms with Gasteiger partial charge < -0.3 is 0 Å². The first-order valence-electron chi connectivity index (χ1n) is 8.43. The fourth-order valence-electron chi connectivity index (χ4n) is 12.6. The van der Waals surface area contributed by atoms with Crippen molar-refractivity contribution in [3.05, 3.63) is 0 Å². The molecule has 0 aromatic carbocycles. The van der Waals surface area contributed by atoms with Crippen LogP contribution < -0.4 is 0 Å². The van der Waals surface area contributed by atoms with E-state index >= 15 is 0 Å². The SMILES string of the molecule is C1CC2C3CC4C5C6CC7C1C1C8C2C34C58C761. The van der Waals surface area contributed by atoms with Crippen molar-refractivity contribution in [3.63, 3.8) is 0 Å². The van der Waals surface area contributed by atoms with E-state index in [0.29, 0.717) is 0 Å². The zero-order valence-electron chi connectivity index (χ0n) is 10.1. The van der Waals surface area contributed by atoms with E-state index in [1.165, 1.54) is 59.2 Å². The van der Waals surface area contributed by atoms with E-state index in [9.17, 15) is 0 Å². The van der Waals surface area contributed by atoms with Gasteiger partial charge in [0.15, 0.2) is 0 Å². The molecule has 9 saturated carbocycles. The lowest BCUT2D eigenvalue weighted by atomic mass is 8.86. The minimum absolute atomic E-state index is 1.08. The lowest BCUT2D eigenvalue weighted by Crippen LogP contribution is -3.15. The van der Waals surface area contributed by atoms with Crippen LogP contribution >= 0.6 is 0 Å². The summed E-state index contributed by atoms with van der Waals surface area (Å²) in [6.45, 7) is 0. The van der Waals surface area contributed by atoms with Crippen LogP contribution in [0.25, 0.3) is 0 Å². The topological polar surface area (TPSA) is 0 Å². The highest BCUT2D eigenvalue weighted by atomic mass is 15.2. The van der Waals surface area contributed by atoms with Gasteiger partial charge in [-0.3, -0.25) is 0 Å². The minimum Gasteiger partial charge on any atom is -0.0496 e. The van der Waals surface area contributed by atoms with Crippen LogP contribution in [0.3, 0.4) is 0 Å². The van der Waals surface area contributed by atoms with Gasteiger partial charge in [-0.05, 0) is 101 Å². The molecule has 3 spiro atoms. The van der Waals surface area contributed by atoms with E-state index in [2.05, 4.69) is 0 Å². The number of hydrogen-bond acceptors (Lipinski definition) is 0. The fourth-order valence-corrected chi connectivity index (χ4v) is 12.6. The summed E-state index contributed by atoms with van der Waals surface area (Å²) in [7, 11) is 0. The van der Waals surface area contributed by atoms with Gasteiger partial charge in [-0.15, -0.1) is 0 Å². The van der Waals surface area contributed by atoms with Gasteiger partial charge in [0.2, 0.25) is 0 Å². The van der Waals surface area contributed by atoms with E-state index in [4.69, 9.17) is 0 Å². The number of fused-ring (bicyclic) bond motifs is 4. The van der Waals surface area contributed by atoms with Crippen molar-refractivity contribution in [2.45, 2.75) is 25.7 Å².